The van der Waals surface area contributed by atoms with Gasteiger partial charge < -0.3 is 24.8 Å². The molecule has 2 N–H and O–H groups in total. The molecule has 0 bridgehead atoms. The number of nitrogens with one attached hydrogen (secondary N) is 2. The van der Waals surface area contributed by atoms with Crippen LogP contribution >= 0.6 is 11.8 Å². The van der Waals surface area contributed by atoms with Gasteiger partial charge in [-0.3, -0.25) is 14.4 Å². The first-order chi connectivity index (χ1) is 19.6. The van der Waals surface area contributed by atoms with Crippen LogP contribution < -0.4 is 20.1 Å². The van der Waals surface area contributed by atoms with Crippen LogP contribution in [0.1, 0.15) is 52.7 Å². The van der Waals surface area contributed by atoms with Crippen LogP contribution in [-0.2, 0) is 36.1 Å². The van der Waals surface area contributed by atoms with Crippen LogP contribution in [0.25, 0.3) is 0 Å². The Kier molecular flexibility index (Phi) is 16.9. The maximum absolute atomic E-state index is 13.0. The number of esters is 1. The lowest BCUT2D eigenvalue weighted by Crippen LogP contribution is -2.53. The van der Waals surface area contributed by atoms with Crippen molar-refractivity contribution in [1.29, 1.82) is 0 Å². The van der Waals surface area contributed by atoms with Crippen LogP contribution in [0.5, 0.6) is 11.5 Å². The van der Waals surface area contributed by atoms with Crippen molar-refractivity contribution in [2.75, 3.05) is 26.1 Å². The van der Waals surface area contributed by atoms with Crippen LogP contribution in [0.15, 0.2) is 48.5 Å². The summed E-state index contributed by atoms with van der Waals surface area (Å²) in [7, 11) is 1.27. The molecule has 0 spiro atoms. The molecule has 0 fully saturated rings. The molecular weight excluding hydrogens is 544 g/mol. The highest BCUT2D eigenvalue weighted by molar-refractivity contribution is 7.99. The third-order valence-electron chi connectivity index (χ3n) is 5.73. The Balaban J connectivity index is 0.00000411. The summed E-state index contributed by atoms with van der Waals surface area (Å²) < 4.78 is 15.6. The van der Waals surface area contributed by atoms with E-state index in [1.165, 1.54) is 18.9 Å². The average Bonchev–Trinajstić information content (AvgIpc) is 2.97. The molecule has 0 saturated carbocycles. The van der Waals surface area contributed by atoms with Crippen molar-refractivity contribution >= 4 is 35.3 Å². The topological polar surface area (TPSA) is 120 Å². The number of ether oxygens (including phenoxy) is 3. The summed E-state index contributed by atoms with van der Waals surface area (Å²) in [6.07, 6.45) is -0.0775. The molecule has 2 amide bonds. The summed E-state index contributed by atoms with van der Waals surface area (Å²) in [5.74, 6) is 0.183. The third kappa shape index (κ3) is 13.1. The van der Waals surface area contributed by atoms with E-state index in [4.69, 9.17) is 9.47 Å². The Labute approximate surface area is 248 Å². The number of thioether (sulfide) groups is 1. The number of hydrogen-bond donors (Lipinski definition) is 2. The molecule has 0 aliphatic carbocycles. The predicted molar refractivity (Wildman–Crippen MR) is 162 cm³/mol. The van der Waals surface area contributed by atoms with E-state index in [0.717, 1.165) is 5.56 Å². The second-order valence-corrected chi connectivity index (χ2v) is 10.2. The molecule has 9 nitrogen and oxygen atoms in total. The first-order valence-corrected chi connectivity index (χ1v) is 15.0. The molecule has 0 aliphatic rings. The summed E-state index contributed by atoms with van der Waals surface area (Å²) in [4.78, 5) is 50.0. The lowest BCUT2D eigenvalue weighted by molar-refractivity contribution is -0.143. The second-order valence-electron chi connectivity index (χ2n) is 9.21. The zero-order chi connectivity index (χ0) is 30.8. The predicted octanol–water partition coefficient (Wildman–Crippen LogP) is 4.35. The van der Waals surface area contributed by atoms with E-state index in [2.05, 4.69) is 15.4 Å². The third-order valence-corrected chi connectivity index (χ3v) is 6.76. The fourth-order valence-corrected chi connectivity index (χ4v) is 4.55. The lowest BCUT2D eigenvalue weighted by atomic mass is 10.0. The van der Waals surface area contributed by atoms with Gasteiger partial charge in [-0.1, -0.05) is 58.0 Å². The maximum Gasteiger partial charge on any atom is 0.343 e. The van der Waals surface area contributed by atoms with E-state index in [9.17, 15) is 19.2 Å². The molecular formula is C31H44N2O7S. The molecule has 0 radical (unpaired) electrons. The Morgan fingerprint density at radius 1 is 0.927 bits per heavy atom. The van der Waals surface area contributed by atoms with Gasteiger partial charge in [-0.2, -0.15) is 0 Å². The van der Waals surface area contributed by atoms with Crippen molar-refractivity contribution in [2.24, 2.45) is 5.92 Å². The van der Waals surface area contributed by atoms with Crippen LogP contribution in [-0.4, -0.2) is 61.7 Å². The van der Waals surface area contributed by atoms with E-state index >= 15 is 0 Å². The van der Waals surface area contributed by atoms with Crippen molar-refractivity contribution in [3.05, 3.63) is 59.7 Å². The van der Waals surface area contributed by atoms with E-state index in [1.54, 1.807) is 25.1 Å². The van der Waals surface area contributed by atoms with Crippen molar-refractivity contribution in [1.82, 2.24) is 10.6 Å². The minimum atomic E-state index is -0.834. The Morgan fingerprint density at radius 3 is 2.22 bits per heavy atom. The highest BCUT2D eigenvalue weighted by Gasteiger charge is 2.27. The fourth-order valence-electron chi connectivity index (χ4n) is 3.57. The molecule has 0 saturated heterocycles. The van der Waals surface area contributed by atoms with Crippen molar-refractivity contribution < 1.29 is 33.4 Å². The minimum absolute atomic E-state index is 0.0775. The van der Waals surface area contributed by atoms with E-state index in [-0.39, 0.29) is 30.5 Å². The van der Waals surface area contributed by atoms with Gasteiger partial charge in [-0.25, -0.2) is 4.79 Å². The van der Waals surface area contributed by atoms with Gasteiger partial charge in [0.15, 0.2) is 12.4 Å². The SMILES string of the molecule is CC.CCOc1ccc(OCC(=O)OC)cc1CC(=O)NC(C(=O)N[C@@H](C)C(=O)CSCc1ccccc1)C(C)C. The number of rotatable bonds is 16. The fraction of sp³-hybridized carbons (Fsp3) is 0.484. The maximum atomic E-state index is 13.0. The van der Waals surface area contributed by atoms with Gasteiger partial charge in [0, 0.05) is 11.3 Å². The van der Waals surface area contributed by atoms with Gasteiger partial charge in [0.05, 0.1) is 31.9 Å². The molecule has 0 aliphatic heterocycles. The van der Waals surface area contributed by atoms with Gasteiger partial charge in [0.2, 0.25) is 11.8 Å². The number of hydrogen-bond acceptors (Lipinski definition) is 8. The largest absolute Gasteiger partial charge is 0.494 e. The Bertz CT molecular complexity index is 1110. The molecule has 0 heterocycles. The molecule has 2 atom stereocenters. The van der Waals surface area contributed by atoms with Crippen molar-refractivity contribution in [3.63, 3.8) is 0 Å². The van der Waals surface area contributed by atoms with Crippen LogP contribution in [0.2, 0.25) is 0 Å². The zero-order valence-electron chi connectivity index (χ0n) is 25.2. The number of Topliss-reactive ketones (excluding diaryl/α,β-unsaturated/α-hetero) is 1. The monoisotopic (exact) mass is 588 g/mol. The molecule has 226 valence electrons. The molecule has 2 aromatic rings. The van der Waals surface area contributed by atoms with Crippen molar-refractivity contribution in [2.45, 2.75) is 65.8 Å². The standard InChI is InChI=1S/C29H38N2O7S.C2H6/c1-6-37-25-13-12-23(38-16-27(34)36-5)14-22(25)15-26(33)31-28(19(2)3)29(35)30-20(4)24(32)18-39-17-21-10-8-7-9-11-21;1-2/h7-14,19-20,28H,6,15-18H2,1-5H3,(H,30,35)(H,31,33);1-2H3/t20-,28?;/m0./s1. The number of amides is 2. The molecule has 0 aromatic heterocycles. The first-order valence-electron chi connectivity index (χ1n) is 13.8. The van der Waals surface area contributed by atoms with E-state index < -0.39 is 29.9 Å². The summed E-state index contributed by atoms with van der Waals surface area (Å²) in [5, 5.41) is 5.53. The number of ketones is 1. The Hall–Kier alpha value is -3.53. The van der Waals surface area contributed by atoms with Crippen LogP contribution in [0.4, 0.5) is 0 Å². The molecule has 2 aromatic carbocycles. The highest BCUT2D eigenvalue weighted by atomic mass is 32.2. The van der Waals surface area contributed by atoms with E-state index in [0.29, 0.717) is 29.4 Å². The van der Waals surface area contributed by atoms with Gasteiger partial charge >= 0.3 is 5.97 Å². The quantitative estimate of drug-likeness (QED) is 0.278. The number of methoxy groups -OCH3 is 1. The lowest BCUT2D eigenvalue weighted by Gasteiger charge is -2.24. The number of benzene rings is 2. The summed E-state index contributed by atoms with van der Waals surface area (Å²) in [6.45, 7) is 11.2. The Morgan fingerprint density at radius 2 is 1.61 bits per heavy atom. The second kappa shape index (κ2) is 19.5. The molecule has 2 rings (SSSR count). The normalized spacial score (nSPS) is 11.8. The highest BCUT2D eigenvalue weighted by Crippen LogP contribution is 2.25. The molecule has 41 heavy (non-hydrogen) atoms. The summed E-state index contributed by atoms with van der Waals surface area (Å²) in [6, 6.07) is 13.2. The van der Waals surface area contributed by atoms with Crippen molar-refractivity contribution in [3.8, 4) is 11.5 Å². The summed E-state index contributed by atoms with van der Waals surface area (Å²) in [5.41, 5.74) is 1.67. The zero-order valence-corrected chi connectivity index (χ0v) is 26.0. The summed E-state index contributed by atoms with van der Waals surface area (Å²) >= 11 is 1.49. The number of carbonyl (C=O) groups is 4. The van der Waals surface area contributed by atoms with Crippen LogP contribution in [0.3, 0.4) is 0 Å². The van der Waals surface area contributed by atoms with Crippen LogP contribution in [0, 0.1) is 5.92 Å². The molecule has 1 unspecified atom stereocenters. The van der Waals surface area contributed by atoms with E-state index in [1.807, 2.05) is 65.0 Å². The van der Waals surface area contributed by atoms with Gasteiger partial charge in [-0.05, 0) is 43.5 Å². The number of carbonyl (C=O) groups excluding carboxylic acids is 4. The average molecular weight is 589 g/mol. The van der Waals surface area contributed by atoms with Gasteiger partial charge in [0.1, 0.15) is 17.5 Å². The smallest absolute Gasteiger partial charge is 0.343 e. The van der Waals surface area contributed by atoms with Gasteiger partial charge in [-0.15, -0.1) is 11.8 Å². The minimum Gasteiger partial charge on any atom is -0.494 e. The molecule has 10 heteroatoms. The first kappa shape index (κ1) is 35.5. The van der Waals surface area contributed by atoms with Gasteiger partial charge in [0.25, 0.3) is 0 Å².